The van der Waals surface area contributed by atoms with Crippen molar-refractivity contribution in [3.63, 3.8) is 0 Å². The number of aromatic nitrogens is 1. The molecule has 0 spiro atoms. The Kier molecular flexibility index (Phi) is 4.52. The number of carbonyl (C=O) groups excluding carboxylic acids is 1. The van der Waals surface area contributed by atoms with Gasteiger partial charge in [-0.15, -0.1) is 0 Å². The van der Waals surface area contributed by atoms with Crippen LogP contribution in [0.5, 0.6) is 0 Å². The molecule has 1 heterocycles. The van der Waals surface area contributed by atoms with Crippen LogP contribution < -0.4 is 5.32 Å². The number of benzene rings is 1. The molecule has 0 aliphatic heterocycles. The zero-order valence-electron chi connectivity index (χ0n) is 12.4. The summed E-state index contributed by atoms with van der Waals surface area (Å²) >= 11 is 0. The number of aryl methyl sites for hydroxylation is 1. The molecule has 0 atom stereocenters. The van der Waals surface area contributed by atoms with E-state index in [2.05, 4.69) is 10.3 Å². The number of nitrogens with zero attached hydrogens (tertiary/aromatic N) is 2. The maximum Gasteiger partial charge on any atom is 0.253 e. The number of nitrogens with one attached hydrogen (secondary N) is 1. The molecular formula is C16H18FN3O. The molecule has 0 aliphatic carbocycles. The Bertz CT molecular complexity index is 656. The van der Waals surface area contributed by atoms with Crippen molar-refractivity contribution in [2.75, 3.05) is 19.4 Å². The summed E-state index contributed by atoms with van der Waals surface area (Å²) in [5.74, 6) is 0.246. The molecule has 1 N–H and O–H groups in total. The van der Waals surface area contributed by atoms with Crippen molar-refractivity contribution < 1.29 is 9.18 Å². The Morgan fingerprint density at radius 1 is 1.29 bits per heavy atom. The Morgan fingerprint density at radius 3 is 2.76 bits per heavy atom. The molecule has 0 radical (unpaired) electrons. The molecule has 21 heavy (non-hydrogen) atoms. The van der Waals surface area contributed by atoms with Crippen LogP contribution in [0, 0.1) is 12.7 Å². The second-order valence-corrected chi connectivity index (χ2v) is 5.05. The first-order valence-electron chi connectivity index (χ1n) is 6.64. The summed E-state index contributed by atoms with van der Waals surface area (Å²) in [7, 11) is 3.40. The fraction of sp³-hybridized carbons (Fsp3) is 0.250. The van der Waals surface area contributed by atoms with Crippen molar-refractivity contribution >= 4 is 11.7 Å². The highest BCUT2D eigenvalue weighted by Gasteiger charge is 2.09. The van der Waals surface area contributed by atoms with Crippen LogP contribution in [0.1, 0.15) is 21.5 Å². The average Bonchev–Trinajstić information content (AvgIpc) is 2.47. The fourth-order valence-corrected chi connectivity index (χ4v) is 1.93. The lowest BCUT2D eigenvalue weighted by Gasteiger charge is -2.12. The maximum absolute atomic E-state index is 13.2. The molecule has 1 amide bonds. The van der Waals surface area contributed by atoms with Crippen LogP contribution in [0.3, 0.4) is 0 Å². The number of halogens is 1. The average molecular weight is 287 g/mol. The van der Waals surface area contributed by atoms with Crippen LogP contribution in [0.25, 0.3) is 0 Å². The van der Waals surface area contributed by atoms with Gasteiger partial charge in [0.15, 0.2) is 0 Å². The highest BCUT2D eigenvalue weighted by molar-refractivity contribution is 5.94. The number of anilines is 1. The van der Waals surface area contributed by atoms with Gasteiger partial charge in [-0.05, 0) is 42.3 Å². The van der Waals surface area contributed by atoms with E-state index >= 15 is 0 Å². The molecule has 0 unspecified atom stereocenters. The van der Waals surface area contributed by atoms with Crippen LogP contribution in [0.2, 0.25) is 0 Å². The minimum atomic E-state index is -0.262. The van der Waals surface area contributed by atoms with E-state index in [1.165, 1.54) is 17.0 Å². The van der Waals surface area contributed by atoms with Crippen molar-refractivity contribution in [3.8, 4) is 0 Å². The standard InChI is InChI=1S/C16H18FN3O/c1-11-4-5-14(17)8-13(11)10-19-15-9-12(6-7-18-15)16(21)20(2)3/h4-9H,10H2,1-3H3,(H,18,19). The third-order valence-corrected chi connectivity index (χ3v) is 3.18. The molecule has 2 aromatic rings. The van der Waals surface area contributed by atoms with Gasteiger partial charge in [-0.2, -0.15) is 0 Å². The maximum atomic E-state index is 13.2. The van der Waals surface area contributed by atoms with E-state index in [9.17, 15) is 9.18 Å². The Hall–Kier alpha value is -2.43. The van der Waals surface area contributed by atoms with Crippen LogP contribution in [-0.2, 0) is 6.54 Å². The molecule has 0 aliphatic rings. The Balaban J connectivity index is 2.12. The number of hydrogen-bond donors (Lipinski definition) is 1. The fourth-order valence-electron chi connectivity index (χ4n) is 1.93. The molecule has 110 valence electrons. The molecule has 1 aromatic heterocycles. The van der Waals surface area contributed by atoms with Gasteiger partial charge in [-0.3, -0.25) is 4.79 Å². The molecule has 4 nitrogen and oxygen atoms in total. The molecule has 0 bridgehead atoms. The molecule has 2 rings (SSSR count). The Morgan fingerprint density at radius 2 is 2.05 bits per heavy atom. The number of pyridine rings is 1. The molecule has 5 heteroatoms. The first kappa shape index (κ1) is 15.0. The monoisotopic (exact) mass is 287 g/mol. The van der Waals surface area contributed by atoms with E-state index in [-0.39, 0.29) is 11.7 Å². The quantitative estimate of drug-likeness (QED) is 0.940. The largest absolute Gasteiger partial charge is 0.366 e. The van der Waals surface area contributed by atoms with Crippen LogP contribution >= 0.6 is 0 Å². The third-order valence-electron chi connectivity index (χ3n) is 3.18. The van der Waals surface area contributed by atoms with Gasteiger partial charge in [0.1, 0.15) is 11.6 Å². The molecule has 0 saturated heterocycles. The predicted octanol–water partition coefficient (Wildman–Crippen LogP) is 2.84. The van der Waals surface area contributed by atoms with Crippen LogP contribution in [0.4, 0.5) is 10.2 Å². The summed E-state index contributed by atoms with van der Waals surface area (Å²) in [5.41, 5.74) is 2.43. The first-order valence-corrected chi connectivity index (χ1v) is 6.64. The van der Waals surface area contributed by atoms with Crippen LogP contribution in [0.15, 0.2) is 36.5 Å². The minimum absolute atomic E-state index is 0.0811. The molecule has 0 saturated carbocycles. The Labute approximate surface area is 123 Å². The van der Waals surface area contributed by atoms with Crippen molar-refractivity contribution in [3.05, 3.63) is 59.0 Å². The van der Waals surface area contributed by atoms with Crippen molar-refractivity contribution in [2.45, 2.75) is 13.5 Å². The number of rotatable bonds is 4. The van der Waals surface area contributed by atoms with Gasteiger partial charge in [0.2, 0.25) is 0 Å². The van der Waals surface area contributed by atoms with E-state index < -0.39 is 0 Å². The zero-order valence-corrected chi connectivity index (χ0v) is 12.4. The van der Waals surface area contributed by atoms with Crippen molar-refractivity contribution in [2.24, 2.45) is 0 Å². The van der Waals surface area contributed by atoms with Crippen molar-refractivity contribution in [1.29, 1.82) is 0 Å². The van der Waals surface area contributed by atoms with Crippen LogP contribution in [-0.4, -0.2) is 29.9 Å². The summed E-state index contributed by atoms with van der Waals surface area (Å²) in [6, 6.07) is 8.04. The highest BCUT2D eigenvalue weighted by atomic mass is 19.1. The lowest BCUT2D eigenvalue weighted by Crippen LogP contribution is -2.21. The first-order chi connectivity index (χ1) is 9.97. The van der Waals surface area contributed by atoms with Gasteiger partial charge in [-0.1, -0.05) is 6.07 Å². The lowest BCUT2D eigenvalue weighted by atomic mass is 10.1. The van der Waals surface area contributed by atoms with Gasteiger partial charge < -0.3 is 10.2 Å². The molecule has 1 aromatic carbocycles. The van der Waals surface area contributed by atoms with Gasteiger partial charge in [0.25, 0.3) is 5.91 Å². The normalized spacial score (nSPS) is 10.3. The number of hydrogen-bond acceptors (Lipinski definition) is 3. The zero-order chi connectivity index (χ0) is 15.4. The summed E-state index contributed by atoms with van der Waals surface area (Å²) in [6.07, 6.45) is 1.58. The highest BCUT2D eigenvalue weighted by Crippen LogP contribution is 2.14. The smallest absolute Gasteiger partial charge is 0.253 e. The van der Waals surface area contributed by atoms with Gasteiger partial charge in [0, 0.05) is 32.4 Å². The van der Waals surface area contributed by atoms with E-state index in [4.69, 9.17) is 0 Å². The third kappa shape index (κ3) is 3.78. The van der Waals surface area contributed by atoms with E-state index in [1.54, 1.807) is 38.5 Å². The lowest BCUT2D eigenvalue weighted by molar-refractivity contribution is 0.0827. The summed E-state index contributed by atoms with van der Waals surface area (Å²) in [4.78, 5) is 17.6. The van der Waals surface area contributed by atoms with Crippen molar-refractivity contribution in [1.82, 2.24) is 9.88 Å². The summed E-state index contributed by atoms with van der Waals surface area (Å²) in [5, 5.41) is 3.11. The second kappa shape index (κ2) is 6.35. The number of carbonyl (C=O) groups is 1. The van der Waals surface area contributed by atoms with E-state index in [0.717, 1.165) is 11.1 Å². The molecule has 0 fully saturated rings. The predicted molar refractivity (Wildman–Crippen MR) is 80.7 cm³/mol. The van der Waals surface area contributed by atoms with E-state index in [1.807, 2.05) is 6.92 Å². The summed E-state index contributed by atoms with van der Waals surface area (Å²) in [6.45, 7) is 2.38. The minimum Gasteiger partial charge on any atom is -0.366 e. The summed E-state index contributed by atoms with van der Waals surface area (Å²) < 4.78 is 13.2. The topological polar surface area (TPSA) is 45.2 Å². The number of amides is 1. The SMILES string of the molecule is Cc1ccc(F)cc1CNc1cc(C(=O)N(C)C)ccn1. The van der Waals surface area contributed by atoms with E-state index in [0.29, 0.717) is 17.9 Å². The second-order valence-electron chi connectivity index (χ2n) is 5.05. The van der Waals surface area contributed by atoms with Gasteiger partial charge in [0.05, 0.1) is 0 Å². The van der Waals surface area contributed by atoms with Gasteiger partial charge >= 0.3 is 0 Å². The molecular weight excluding hydrogens is 269 g/mol. The van der Waals surface area contributed by atoms with Gasteiger partial charge in [-0.25, -0.2) is 9.37 Å².